The Hall–Kier alpha value is -5.43. The zero-order valence-corrected chi connectivity index (χ0v) is 42.1. The number of amides is 5. The van der Waals surface area contributed by atoms with Gasteiger partial charge >= 0.3 is 12.0 Å². The SMILES string of the molecule is C=CC(=O)N(C)CC1CCN1C(=O)N(C)[C@H](C(=O)N[Si][C@H]1Cc2nc(cs2)-c2ccc3c(c2)c(c(-c2cccnc2[C@H](C)OC)n3CC)CC(C)(C)COC(=O)[C@@H]2CCCN(N2)C1=O)C(C)C. The first kappa shape index (κ1) is 49.5. The smallest absolute Gasteiger partial charge is 0.324 e. The van der Waals surface area contributed by atoms with E-state index in [1.807, 2.05) is 32.2 Å². The minimum Gasteiger partial charge on any atom is -0.464 e. The third-order valence-electron chi connectivity index (χ3n) is 13.3. The molecule has 3 aliphatic heterocycles. The molecule has 4 aromatic rings. The van der Waals surface area contributed by atoms with Crippen molar-refractivity contribution in [3.05, 3.63) is 70.8 Å². The maximum absolute atomic E-state index is 14.6. The number of fused-ring (bicyclic) bond motifs is 6. The lowest BCUT2D eigenvalue weighted by Crippen LogP contribution is -2.62. The normalized spacial score (nSPS) is 20.7. The standard InChI is InChI=1S/C49H65N9O7SSi/c1-11-41(59)54(8)26-32-19-22-57(32)48(63)55(9)43(29(3)4)45(60)53-67-39-24-40-51-37(27-66-40)31-17-18-38-34(23-31)35(44(56(38)12-2)33-15-13-20-50-42(33)30(5)64-10)25-49(6,7)28-65-47(62)36-16-14-21-58(52-36)46(39)61/h11,13,15,17-18,20,23,27,29-30,32,36,39,43,52H,1,12,14,16,19,21-22,24-26,28H2,2-10H3,(H,53,60)/t30-,32?,36-,39-,43-/m0/s1. The number of hydrogen-bond acceptors (Lipinski definition) is 11. The fourth-order valence-electron chi connectivity index (χ4n) is 9.49. The number of hydrazine groups is 1. The van der Waals surface area contributed by atoms with Crippen molar-refractivity contribution in [3.63, 3.8) is 0 Å². The van der Waals surface area contributed by atoms with Gasteiger partial charge in [-0.25, -0.2) is 15.2 Å². The molecule has 2 radical (unpaired) electrons. The largest absolute Gasteiger partial charge is 0.464 e. The molecule has 1 unspecified atom stereocenters. The van der Waals surface area contributed by atoms with Crippen molar-refractivity contribution in [2.45, 2.75) is 110 Å². The summed E-state index contributed by atoms with van der Waals surface area (Å²) >= 11 is 1.46. The minimum absolute atomic E-state index is 0.147. The number of ether oxygens (including phenoxy) is 2. The van der Waals surface area contributed by atoms with Gasteiger partial charge in [-0.3, -0.25) is 29.2 Å². The molecule has 5 amide bonds. The molecule has 358 valence electrons. The van der Waals surface area contributed by atoms with Crippen molar-refractivity contribution in [3.8, 4) is 22.5 Å². The monoisotopic (exact) mass is 951 g/mol. The van der Waals surface area contributed by atoms with E-state index in [9.17, 15) is 24.0 Å². The highest BCUT2D eigenvalue weighted by Gasteiger charge is 2.41. The molecule has 3 aromatic heterocycles. The zero-order valence-electron chi connectivity index (χ0n) is 40.3. The summed E-state index contributed by atoms with van der Waals surface area (Å²) in [6, 6.07) is 8.42. The number of nitrogens with zero attached hydrogens (tertiary/aromatic N) is 7. The molecule has 16 nitrogen and oxygen atoms in total. The second kappa shape index (κ2) is 20.8. The molecule has 2 N–H and O–H groups in total. The van der Waals surface area contributed by atoms with E-state index < -0.39 is 29.0 Å². The maximum atomic E-state index is 14.6. The van der Waals surface area contributed by atoms with Gasteiger partial charge in [-0.1, -0.05) is 40.3 Å². The van der Waals surface area contributed by atoms with Crippen LogP contribution in [0.2, 0.25) is 5.54 Å². The number of likely N-dealkylation sites (N-methyl/N-ethyl adjacent to an activating group) is 2. The van der Waals surface area contributed by atoms with E-state index in [0.29, 0.717) is 45.4 Å². The number of pyridine rings is 1. The first-order valence-corrected chi connectivity index (χ1v) is 25.2. The molecule has 2 saturated heterocycles. The number of carbonyl (C=O) groups excluding carboxylic acids is 5. The summed E-state index contributed by atoms with van der Waals surface area (Å²) in [5.74, 6) is -1.55. The number of thiazole rings is 1. The third kappa shape index (κ3) is 10.5. The first-order chi connectivity index (χ1) is 32.0. The van der Waals surface area contributed by atoms with Gasteiger partial charge in [0.05, 0.1) is 46.4 Å². The number of cyclic esters (lactones) is 1. The topological polar surface area (TPSA) is 172 Å². The van der Waals surface area contributed by atoms with Crippen LogP contribution in [-0.4, -0.2) is 139 Å². The summed E-state index contributed by atoms with van der Waals surface area (Å²) in [5, 5.41) is 5.30. The number of nitrogens with one attached hydrogen (secondary N) is 2. The predicted octanol–water partition coefficient (Wildman–Crippen LogP) is 6.04. The van der Waals surface area contributed by atoms with Gasteiger partial charge in [-0.15, -0.1) is 11.3 Å². The number of likely N-dealkylation sites (tertiary alicyclic amines) is 1. The summed E-state index contributed by atoms with van der Waals surface area (Å²) in [7, 11) is 4.62. The van der Waals surface area contributed by atoms with Gasteiger partial charge in [-0.2, -0.15) is 0 Å². The maximum Gasteiger partial charge on any atom is 0.324 e. The Kier molecular flexibility index (Phi) is 15.4. The highest BCUT2D eigenvalue weighted by molar-refractivity contribution is 7.10. The Balaban J connectivity index is 1.21. The van der Waals surface area contributed by atoms with Crippen molar-refractivity contribution >= 4 is 61.6 Å². The molecule has 7 rings (SSSR count). The molecule has 6 bridgehead atoms. The quantitative estimate of drug-likeness (QED) is 0.0971. The summed E-state index contributed by atoms with van der Waals surface area (Å²) in [6.07, 6.45) is 5.43. The van der Waals surface area contributed by atoms with Crippen LogP contribution < -0.4 is 10.4 Å². The number of aromatic nitrogens is 3. The van der Waals surface area contributed by atoms with Crippen molar-refractivity contribution in [1.82, 2.24) is 44.7 Å². The van der Waals surface area contributed by atoms with Gasteiger partial charge in [-0.05, 0) is 81.4 Å². The second-order valence-electron chi connectivity index (χ2n) is 19.0. The van der Waals surface area contributed by atoms with Gasteiger partial charge in [0.1, 0.15) is 12.1 Å². The van der Waals surface area contributed by atoms with Gasteiger partial charge in [0.25, 0.3) is 0 Å². The van der Waals surface area contributed by atoms with E-state index in [2.05, 4.69) is 66.6 Å². The Bertz CT molecular complexity index is 2510. The van der Waals surface area contributed by atoms with E-state index in [-0.39, 0.29) is 64.5 Å². The lowest BCUT2D eigenvalue weighted by atomic mass is 9.84. The van der Waals surface area contributed by atoms with E-state index in [4.69, 9.17) is 19.4 Å². The average molecular weight is 952 g/mol. The van der Waals surface area contributed by atoms with Crippen LogP contribution in [0, 0.1) is 11.3 Å². The number of urea groups is 1. The van der Waals surface area contributed by atoms with Crippen molar-refractivity contribution in [2.24, 2.45) is 11.3 Å². The molecule has 0 aliphatic carbocycles. The van der Waals surface area contributed by atoms with Crippen LogP contribution in [0.3, 0.4) is 0 Å². The van der Waals surface area contributed by atoms with Crippen LogP contribution >= 0.6 is 11.3 Å². The number of aryl methyl sites for hydroxylation is 1. The molecule has 18 heteroatoms. The zero-order chi connectivity index (χ0) is 48.3. The molecule has 1 aromatic carbocycles. The molecular weight excluding hydrogens is 887 g/mol. The second-order valence-corrected chi connectivity index (χ2v) is 21.2. The van der Waals surface area contributed by atoms with Crippen molar-refractivity contribution in [2.75, 3.05) is 47.4 Å². The lowest BCUT2D eigenvalue weighted by molar-refractivity contribution is -0.154. The van der Waals surface area contributed by atoms with Gasteiger partial charge in [0.2, 0.25) is 17.7 Å². The minimum atomic E-state index is -0.831. The lowest BCUT2D eigenvalue weighted by Gasteiger charge is -2.45. The van der Waals surface area contributed by atoms with E-state index in [1.54, 1.807) is 32.3 Å². The fourth-order valence-corrected chi connectivity index (χ4v) is 11.5. The Morgan fingerprint density at radius 3 is 2.61 bits per heavy atom. The molecule has 5 atom stereocenters. The predicted molar refractivity (Wildman–Crippen MR) is 260 cm³/mol. The number of methoxy groups -OCH3 is 1. The molecular formula is C49H65N9O7SSi. The number of carbonyl (C=O) groups is 5. The Morgan fingerprint density at radius 2 is 1.93 bits per heavy atom. The average Bonchev–Trinajstić information content (AvgIpc) is 3.91. The summed E-state index contributed by atoms with van der Waals surface area (Å²) < 4.78 is 14.3. The van der Waals surface area contributed by atoms with E-state index >= 15 is 0 Å². The van der Waals surface area contributed by atoms with Gasteiger partial charge in [0, 0.05) is 92.8 Å². The fraction of sp³-hybridized carbons (Fsp3) is 0.531. The van der Waals surface area contributed by atoms with Crippen molar-refractivity contribution < 1.29 is 33.4 Å². The van der Waals surface area contributed by atoms with Gasteiger partial charge < -0.3 is 33.7 Å². The first-order valence-electron chi connectivity index (χ1n) is 23.2. The van der Waals surface area contributed by atoms with Crippen LogP contribution in [0.4, 0.5) is 4.79 Å². The van der Waals surface area contributed by atoms with E-state index in [0.717, 1.165) is 56.1 Å². The molecule has 0 spiro atoms. The number of esters is 1. The van der Waals surface area contributed by atoms with Crippen molar-refractivity contribution in [1.29, 1.82) is 0 Å². The summed E-state index contributed by atoms with van der Waals surface area (Å²) in [5.41, 5.74) is 8.71. The van der Waals surface area contributed by atoms with Crippen LogP contribution in [0.25, 0.3) is 33.4 Å². The van der Waals surface area contributed by atoms with Crippen LogP contribution in [-0.2, 0) is 48.0 Å². The highest BCUT2D eigenvalue weighted by atomic mass is 32.1. The number of rotatable bonds is 12. The third-order valence-corrected chi connectivity index (χ3v) is 15.3. The Morgan fingerprint density at radius 1 is 1.15 bits per heavy atom. The molecule has 3 aliphatic rings. The molecule has 6 heterocycles. The summed E-state index contributed by atoms with van der Waals surface area (Å²) in [6.45, 7) is 17.8. The van der Waals surface area contributed by atoms with Gasteiger partial charge in [0.15, 0.2) is 9.68 Å². The van der Waals surface area contributed by atoms with E-state index in [1.165, 1.54) is 32.2 Å². The molecule has 0 saturated carbocycles. The van der Waals surface area contributed by atoms with Crippen LogP contribution in [0.5, 0.6) is 0 Å². The number of hydrogen-bond donors (Lipinski definition) is 2. The molecule has 67 heavy (non-hydrogen) atoms. The molecule has 2 fully saturated rings. The van der Waals surface area contributed by atoms with Crippen LogP contribution in [0.15, 0.2) is 54.6 Å². The van der Waals surface area contributed by atoms with Crippen LogP contribution in [0.1, 0.15) is 83.2 Å². The highest BCUT2D eigenvalue weighted by Crippen LogP contribution is 2.42. The Labute approximate surface area is 400 Å². The summed E-state index contributed by atoms with van der Waals surface area (Å²) in [4.78, 5) is 86.4. The number of benzene rings is 1.